The number of benzene rings is 1. The molecule has 0 bridgehead atoms. The highest BCUT2D eigenvalue weighted by Gasteiger charge is 2.32. The Labute approximate surface area is 131 Å². The van der Waals surface area contributed by atoms with E-state index in [0.717, 1.165) is 5.56 Å². The van der Waals surface area contributed by atoms with Gasteiger partial charge >= 0.3 is 6.09 Å². The van der Waals surface area contributed by atoms with E-state index in [-0.39, 0.29) is 17.5 Å². The van der Waals surface area contributed by atoms with E-state index >= 15 is 0 Å². The summed E-state index contributed by atoms with van der Waals surface area (Å²) in [6.45, 7) is 6.07. The van der Waals surface area contributed by atoms with Gasteiger partial charge in [-0.15, -0.1) is 0 Å². The average Bonchev–Trinajstić information content (AvgIpc) is 2.86. The number of hydrogen-bond acceptors (Lipinski definition) is 5. The van der Waals surface area contributed by atoms with Crippen LogP contribution in [0.2, 0.25) is 0 Å². The monoisotopic (exact) mass is 327 g/mol. The summed E-state index contributed by atoms with van der Waals surface area (Å²) < 4.78 is 34.7. The van der Waals surface area contributed by atoms with Crippen LogP contribution in [0.4, 0.5) is 4.79 Å². The zero-order valence-electron chi connectivity index (χ0n) is 13.0. The van der Waals surface area contributed by atoms with Crippen LogP contribution in [-0.4, -0.2) is 44.7 Å². The van der Waals surface area contributed by atoms with Gasteiger partial charge in [0.25, 0.3) is 10.1 Å². The van der Waals surface area contributed by atoms with Gasteiger partial charge in [-0.3, -0.25) is 4.18 Å². The lowest BCUT2D eigenvalue weighted by atomic mass is 10.2. The van der Waals surface area contributed by atoms with Gasteiger partial charge in [0.05, 0.1) is 23.6 Å². The second-order valence-corrected chi connectivity index (χ2v) is 7.22. The third kappa shape index (κ3) is 4.20. The summed E-state index contributed by atoms with van der Waals surface area (Å²) in [5.41, 5.74) is 0.974. The van der Waals surface area contributed by atoms with E-state index in [1.54, 1.807) is 26.0 Å². The Hall–Kier alpha value is -1.60. The molecule has 0 saturated carbocycles. The van der Waals surface area contributed by atoms with Crippen LogP contribution in [-0.2, 0) is 19.0 Å². The number of ether oxygens (including phenoxy) is 1. The predicted octanol–water partition coefficient (Wildman–Crippen LogP) is 2.32. The van der Waals surface area contributed by atoms with Crippen LogP contribution in [0, 0.1) is 6.92 Å². The fraction of sp³-hybridized carbons (Fsp3) is 0.533. The van der Waals surface area contributed by atoms with Crippen molar-refractivity contribution in [2.75, 3.05) is 13.1 Å². The fourth-order valence-corrected chi connectivity index (χ4v) is 3.28. The summed E-state index contributed by atoms with van der Waals surface area (Å²) in [5, 5.41) is 0. The van der Waals surface area contributed by atoms with Crippen molar-refractivity contribution < 1.29 is 22.1 Å². The predicted molar refractivity (Wildman–Crippen MR) is 81.0 cm³/mol. The Morgan fingerprint density at radius 1 is 1.27 bits per heavy atom. The maximum atomic E-state index is 12.2. The first kappa shape index (κ1) is 16.8. The van der Waals surface area contributed by atoms with Gasteiger partial charge in [0.2, 0.25) is 0 Å². The normalized spacial score (nSPS) is 18.7. The van der Waals surface area contributed by atoms with Crippen LogP contribution in [0.5, 0.6) is 0 Å². The third-order valence-electron chi connectivity index (χ3n) is 3.31. The maximum Gasteiger partial charge on any atom is 0.410 e. The lowest BCUT2D eigenvalue weighted by Gasteiger charge is -2.18. The smallest absolute Gasteiger partial charge is 0.410 e. The van der Waals surface area contributed by atoms with E-state index in [2.05, 4.69) is 0 Å². The van der Waals surface area contributed by atoms with Gasteiger partial charge in [0, 0.05) is 6.54 Å². The number of aryl methyl sites for hydroxylation is 1. The van der Waals surface area contributed by atoms with Crippen molar-refractivity contribution in [3.05, 3.63) is 29.8 Å². The lowest BCUT2D eigenvalue weighted by molar-refractivity contribution is 0.0800. The number of carbonyl (C=O) groups is 1. The van der Waals surface area contributed by atoms with Gasteiger partial charge in [-0.2, -0.15) is 8.42 Å². The highest BCUT2D eigenvalue weighted by molar-refractivity contribution is 7.86. The van der Waals surface area contributed by atoms with Crippen molar-refractivity contribution in [3.8, 4) is 0 Å². The Morgan fingerprint density at radius 2 is 1.91 bits per heavy atom. The molecule has 2 rings (SSSR count). The molecule has 6 nitrogen and oxygen atoms in total. The summed E-state index contributed by atoms with van der Waals surface area (Å²) >= 11 is 0. The molecule has 7 heteroatoms. The molecule has 0 aromatic heterocycles. The molecule has 0 radical (unpaired) electrons. The molecule has 1 heterocycles. The lowest BCUT2D eigenvalue weighted by Crippen LogP contribution is -2.32. The molecule has 1 atom stereocenters. The molecule has 22 heavy (non-hydrogen) atoms. The minimum absolute atomic E-state index is 0.126. The molecule has 0 aliphatic carbocycles. The van der Waals surface area contributed by atoms with Crippen LogP contribution in [0.3, 0.4) is 0 Å². The van der Waals surface area contributed by atoms with Gasteiger partial charge in [0.1, 0.15) is 0 Å². The van der Waals surface area contributed by atoms with E-state index in [1.165, 1.54) is 17.0 Å². The van der Waals surface area contributed by atoms with Gasteiger partial charge in [-0.1, -0.05) is 17.7 Å². The number of carbonyl (C=O) groups excluding carboxylic acids is 1. The largest absolute Gasteiger partial charge is 0.447 e. The van der Waals surface area contributed by atoms with Crippen molar-refractivity contribution >= 4 is 16.2 Å². The molecular weight excluding hydrogens is 306 g/mol. The Balaban J connectivity index is 1.97. The number of likely N-dealkylation sites (tertiary alicyclic amines) is 1. The van der Waals surface area contributed by atoms with Crippen molar-refractivity contribution in [1.29, 1.82) is 0 Å². The first-order chi connectivity index (χ1) is 10.3. The van der Waals surface area contributed by atoms with Crippen LogP contribution >= 0.6 is 0 Å². The van der Waals surface area contributed by atoms with Gasteiger partial charge < -0.3 is 9.64 Å². The first-order valence-electron chi connectivity index (χ1n) is 7.23. The van der Waals surface area contributed by atoms with Crippen molar-refractivity contribution in [1.82, 2.24) is 4.90 Å². The van der Waals surface area contributed by atoms with Crippen molar-refractivity contribution in [3.63, 3.8) is 0 Å². The summed E-state index contributed by atoms with van der Waals surface area (Å²) in [5.74, 6) is 0. The van der Waals surface area contributed by atoms with E-state index in [9.17, 15) is 13.2 Å². The second kappa shape index (κ2) is 6.66. The topological polar surface area (TPSA) is 72.9 Å². The Kier molecular flexibility index (Phi) is 5.08. The molecule has 122 valence electrons. The number of rotatable bonds is 4. The van der Waals surface area contributed by atoms with Crippen LogP contribution in [0.1, 0.15) is 25.8 Å². The summed E-state index contributed by atoms with van der Waals surface area (Å²) in [7, 11) is -3.81. The molecule has 1 aromatic carbocycles. The highest BCUT2D eigenvalue weighted by Crippen LogP contribution is 2.21. The zero-order chi connectivity index (χ0) is 16.3. The Morgan fingerprint density at radius 3 is 2.50 bits per heavy atom. The molecule has 1 saturated heterocycles. The van der Waals surface area contributed by atoms with Gasteiger partial charge in [-0.25, -0.2) is 4.79 Å². The zero-order valence-corrected chi connectivity index (χ0v) is 13.8. The van der Waals surface area contributed by atoms with Crippen molar-refractivity contribution in [2.24, 2.45) is 0 Å². The number of amides is 1. The molecule has 1 unspecified atom stereocenters. The molecule has 1 aliphatic heterocycles. The minimum atomic E-state index is -3.81. The highest BCUT2D eigenvalue weighted by atomic mass is 32.2. The SMILES string of the molecule is Cc1ccc(S(=O)(=O)OC2CCN(C(=O)OC(C)C)C2)cc1. The molecule has 0 spiro atoms. The summed E-state index contributed by atoms with van der Waals surface area (Å²) in [6.07, 6.45) is -0.707. The quantitative estimate of drug-likeness (QED) is 0.794. The van der Waals surface area contributed by atoms with E-state index < -0.39 is 22.3 Å². The van der Waals surface area contributed by atoms with Crippen LogP contribution < -0.4 is 0 Å². The van der Waals surface area contributed by atoms with Gasteiger partial charge in [-0.05, 0) is 39.3 Å². The number of hydrogen-bond donors (Lipinski definition) is 0. The first-order valence-corrected chi connectivity index (χ1v) is 8.64. The van der Waals surface area contributed by atoms with E-state index in [1.807, 2.05) is 6.92 Å². The van der Waals surface area contributed by atoms with E-state index in [0.29, 0.717) is 13.0 Å². The second-order valence-electron chi connectivity index (χ2n) is 5.65. The molecular formula is C15H21NO5S. The van der Waals surface area contributed by atoms with Crippen LogP contribution in [0.25, 0.3) is 0 Å². The molecule has 1 amide bonds. The van der Waals surface area contributed by atoms with Gasteiger partial charge in [0.15, 0.2) is 0 Å². The molecule has 0 N–H and O–H groups in total. The summed E-state index contributed by atoms with van der Waals surface area (Å²) in [4.78, 5) is 13.4. The van der Waals surface area contributed by atoms with Crippen molar-refractivity contribution in [2.45, 2.75) is 44.3 Å². The average molecular weight is 327 g/mol. The fourth-order valence-electron chi connectivity index (χ4n) is 2.19. The number of nitrogens with zero attached hydrogens (tertiary/aromatic N) is 1. The Bertz CT molecular complexity index is 624. The van der Waals surface area contributed by atoms with Crippen LogP contribution in [0.15, 0.2) is 29.2 Å². The molecule has 1 aliphatic rings. The standard InChI is InChI=1S/C15H21NO5S/c1-11(2)20-15(17)16-9-8-13(10-16)21-22(18,19)14-6-4-12(3)5-7-14/h4-7,11,13H,8-10H2,1-3H3. The molecule has 1 aromatic rings. The molecule has 1 fully saturated rings. The summed E-state index contributed by atoms with van der Waals surface area (Å²) in [6, 6.07) is 6.48. The third-order valence-corrected chi connectivity index (χ3v) is 4.69. The minimum Gasteiger partial charge on any atom is -0.447 e. The van der Waals surface area contributed by atoms with E-state index in [4.69, 9.17) is 8.92 Å². The maximum absolute atomic E-state index is 12.2.